The molecule has 1 saturated heterocycles. The highest BCUT2D eigenvalue weighted by Crippen LogP contribution is 2.27. The summed E-state index contributed by atoms with van der Waals surface area (Å²) in [6, 6.07) is 25.6. The third-order valence-electron chi connectivity index (χ3n) is 5.23. The number of rotatable bonds is 4. The number of nitrogens with one attached hydrogen (secondary N) is 4. The number of carbonyl (C=O) groups excluding carboxylic acids is 2. The molecule has 1 fully saturated rings. The second-order valence-electron chi connectivity index (χ2n) is 7.19. The fourth-order valence-electron chi connectivity index (χ4n) is 3.64. The summed E-state index contributed by atoms with van der Waals surface area (Å²) in [6.45, 7) is 0. The lowest BCUT2D eigenvalue weighted by atomic mass is 9.95. The van der Waals surface area contributed by atoms with E-state index in [1.54, 1.807) is 42.5 Å². The van der Waals surface area contributed by atoms with Gasteiger partial charge < -0.3 is 0 Å². The van der Waals surface area contributed by atoms with Gasteiger partial charge in [-0.25, -0.2) is 10.9 Å². The van der Waals surface area contributed by atoms with Crippen molar-refractivity contribution in [2.75, 3.05) is 0 Å². The first-order valence-corrected chi connectivity index (χ1v) is 9.92. The molecule has 2 atom stereocenters. The van der Waals surface area contributed by atoms with Crippen molar-refractivity contribution in [2.45, 2.75) is 18.5 Å². The molecule has 0 aromatic heterocycles. The van der Waals surface area contributed by atoms with E-state index in [0.29, 0.717) is 28.7 Å². The molecular formula is C24H21N5O2. The van der Waals surface area contributed by atoms with Crippen LogP contribution in [0.15, 0.2) is 78.9 Å². The quantitative estimate of drug-likeness (QED) is 0.494. The topological polar surface area (TPSA) is 106 Å². The van der Waals surface area contributed by atoms with Crippen LogP contribution in [0.25, 0.3) is 11.1 Å². The van der Waals surface area contributed by atoms with Crippen molar-refractivity contribution >= 4 is 11.8 Å². The molecule has 2 unspecified atom stereocenters. The average Bonchev–Trinajstić information content (AvgIpc) is 3.33. The Bertz CT molecular complexity index is 1140. The highest BCUT2D eigenvalue weighted by molar-refractivity contribution is 6.02. The van der Waals surface area contributed by atoms with Gasteiger partial charge in [-0.05, 0) is 29.7 Å². The van der Waals surface area contributed by atoms with Crippen LogP contribution in [0.5, 0.6) is 0 Å². The lowest BCUT2D eigenvalue weighted by Gasteiger charge is -2.14. The van der Waals surface area contributed by atoms with Crippen LogP contribution in [0, 0.1) is 11.3 Å². The molecule has 0 bridgehead atoms. The maximum absolute atomic E-state index is 12.8. The van der Waals surface area contributed by atoms with E-state index in [4.69, 9.17) is 0 Å². The molecule has 154 valence electrons. The number of nitrogens with zero attached hydrogens (tertiary/aromatic N) is 1. The molecule has 3 aromatic carbocycles. The lowest BCUT2D eigenvalue weighted by Crippen LogP contribution is -2.50. The zero-order valence-electron chi connectivity index (χ0n) is 16.6. The number of benzene rings is 3. The lowest BCUT2D eigenvalue weighted by molar-refractivity contribution is -0.123. The zero-order valence-corrected chi connectivity index (χ0v) is 16.6. The van der Waals surface area contributed by atoms with Gasteiger partial charge in [0.25, 0.3) is 11.8 Å². The first kappa shape index (κ1) is 20.3. The predicted octanol–water partition coefficient (Wildman–Crippen LogP) is 2.59. The molecule has 0 aliphatic carbocycles. The van der Waals surface area contributed by atoms with Gasteiger partial charge in [0, 0.05) is 17.2 Å². The van der Waals surface area contributed by atoms with Crippen LogP contribution in [0.4, 0.5) is 0 Å². The Morgan fingerprint density at radius 2 is 1.52 bits per heavy atom. The van der Waals surface area contributed by atoms with Gasteiger partial charge in [0.2, 0.25) is 0 Å². The second-order valence-corrected chi connectivity index (χ2v) is 7.19. The molecule has 3 aromatic rings. The molecule has 0 saturated carbocycles. The van der Waals surface area contributed by atoms with Crippen molar-refractivity contribution in [3.8, 4) is 17.2 Å². The standard InChI is InChI=1S/C24H21N5O2/c25-15-17-10-4-5-11-18(17)19-12-6-7-13-20(19)23(30)28-29-24(31)22-14-21(26-27-22)16-8-2-1-3-9-16/h1-13,21-22,26-27H,14H2,(H,28,30)(H,29,31). The molecule has 1 aliphatic rings. The van der Waals surface area contributed by atoms with Gasteiger partial charge in [-0.3, -0.25) is 20.4 Å². The Morgan fingerprint density at radius 3 is 2.29 bits per heavy atom. The van der Waals surface area contributed by atoms with Gasteiger partial charge in [0.05, 0.1) is 11.6 Å². The van der Waals surface area contributed by atoms with Crippen molar-refractivity contribution in [1.29, 1.82) is 5.26 Å². The van der Waals surface area contributed by atoms with Gasteiger partial charge in [-0.15, -0.1) is 0 Å². The molecule has 7 nitrogen and oxygen atoms in total. The second kappa shape index (κ2) is 9.22. The van der Waals surface area contributed by atoms with Crippen molar-refractivity contribution in [1.82, 2.24) is 21.7 Å². The van der Waals surface area contributed by atoms with Crippen molar-refractivity contribution in [3.63, 3.8) is 0 Å². The molecule has 0 radical (unpaired) electrons. The molecule has 4 N–H and O–H groups in total. The van der Waals surface area contributed by atoms with E-state index in [1.165, 1.54) is 0 Å². The minimum Gasteiger partial charge on any atom is -0.271 e. The Hall–Kier alpha value is -3.99. The van der Waals surface area contributed by atoms with E-state index in [9.17, 15) is 14.9 Å². The molecule has 1 aliphatic heterocycles. The number of amides is 2. The normalized spacial score (nSPS) is 17.5. The molecular weight excluding hydrogens is 390 g/mol. The Labute approximate surface area is 180 Å². The van der Waals surface area contributed by atoms with Crippen molar-refractivity contribution in [2.24, 2.45) is 0 Å². The van der Waals surface area contributed by atoms with E-state index < -0.39 is 11.9 Å². The van der Waals surface area contributed by atoms with Crippen LogP contribution >= 0.6 is 0 Å². The molecule has 0 spiro atoms. The number of hydrogen-bond donors (Lipinski definition) is 4. The maximum Gasteiger partial charge on any atom is 0.270 e. The SMILES string of the molecule is N#Cc1ccccc1-c1ccccc1C(=O)NNC(=O)C1CC(c2ccccc2)NN1. The number of carbonyl (C=O) groups is 2. The Morgan fingerprint density at radius 1 is 0.839 bits per heavy atom. The van der Waals surface area contributed by atoms with Crippen LogP contribution in [0.1, 0.15) is 33.9 Å². The van der Waals surface area contributed by atoms with Gasteiger partial charge in [-0.2, -0.15) is 5.26 Å². The van der Waals surface area contributed by atoms with Gasteiger partial charge in [-0.1, -0.05) is 66.7 Å². The van der Waals surface area contributed by atoms with Gasteiger partial charge in [0.15, 0.2) is 0 Å². The summed E-state index contributed by atoms with van der Waals surface area (Å²) in [5, 5.41) is 9.39. The summed E-state index contributed by atoms with van der Waals surface area (Å²) in [5.74, 6) is -0.795. The first-order valence-electron chi connectivity index (χ1n) is 9.92. The van der Waals surface area contributed by atoms with E-state index in [-0.39, 0.29) is 11.9 Å². The minimum absolute atomic E-state index is 0.0101. The highest BCUT2D eigenvalue weighted by Gasteiger charge is 2.30. The largest absolute Gasteiger partial charge is 0.271 e. The van der Waals surface area contributed by atoms with Crippen LogP contribution in [-0.2, 0) is 4.79 Å². The monoisotopic (exact) mass is 411 g/mol. The van der Waals surface area contributed by atoms with Crippen LogP contribution in [0.3, 0.4) is 0 Å². The molecule has 2 amide bonds. The summed E-state index contributed by atoms with van der Waals surface area (Å²) < 4.78 is 0. The number of hydrazine groups is 2. The molecule has 1 heterocycles. The fourth-order valence-corrected chi connectivity index (χ4v) is 3.64. The summed E-state index contributed by atoms with van der Waals surface area (Å²) in [4.78, 5) is 25.3. The average molecular weight is 411 g/mol. The fraction of sp³-hybridized carbons (Fsp3) is 0.125. The van der Waals surface area contributed by atoms with E-state index in [1.807, 2.05) is 36.4 Å². The summed E-state index contributed by atoms with van der Waals surface area (Å²) >= 11 is 0. The van der Waals surface area contributed by atoms with E-state index in [2.05, 4.69) is 27.8 Å². The van der Waals surface area contributed by atoms with Crippen LogP contribution in [0.2, 0.25) is 0 Å². The number of hydrogen-bond acceptors (Lipinski definition) is 5. The first-order chi connectivity index (χ1) is 15.2. The number of nitriles is 1. The highest BCUT2D eigenvalue weighted by atomic mass is 16.2. The summed E-state index contributed by atoms with van der Waals surface area (Å²) in [7, 11) is 0. The smallest absolute Gasteiger partial charge is 0.270 e. The Kier molecular flexibility index (Phi) is 6.03. The molecule has 7 heteroatoms. The van der Waals surface area contributed by atoms with Crippen molar-refractivity contribution < 1.29 is 9.59 Å². The van der Waals surface area contributed by atoms with Crippen molar-refractivity contribution in [3.05, 3.63) is 95.6 Å². The van der Waals surface area contributed by atoms with Gasteiger partial charge in [0.1, 0.15) is 6.04 Å². The third-order valence-corrected chi connectivity index (χ3v) is 5.23. The predicted molar refractivity (Wildman–Crippen MR) is 116 cm³/mol. The summed E-state index contributed by atoms with van der Waals surface area (Å²) in [6.07, 6.45) is 0.553. The third kappa shape index (κ3) is 4.46. The Balaban J connectivity index is 1.42. The summed E-state index contributed by atoms with van der Waals surface area (Å²) in [5.41, 5.74) is 14.3. The zero-order chi connectivity index (χ0) is 21.6. The van der Waals surface area contributed by atoms with E-state index >= 15 is 0 Å². The van der Waals surface area contributed by atoms with Crippen LogP contribution < -0.4 is 21.7 Å². The van der Waals surface area contributed by atoms with E-state index in [0.717, 1.165) is 5.56 Å². The maximum atomic E-state index is 12.8. The van der Waals surface area contributed by atoms with Crippen LogP contribution in [-0.4, -0.2) is 17.9 Å². The molecule has 4 rings (SSSR count). The molecule has 31 heavy (non-hydrogen) atoms. The minimum atomic E-state index is -0.486. The van der Waals surface area contributed by atoms with Gasteiger partial charge >= 0.3 is 0 Å².